The molecule has 0 bridgehead atoms. The molecule has 6 nitrogen and oxygen atoms in total. The molecule has 2 aliphatic heterocycles. The van der Waals surface area contributed by atoms with Gasteiger partial charge in [-0.2, -0.15) is 11.8 Å². The summed E-state index contributed by atoms with van der Waals surface area (Å²) in [6.07, 6.45) is -7.82. The van der Waals surface area contributed by atoms with Crippen LogP contribution < -0.4 is 10.6 Å². The van der Waals surface area contributed by atoms with Gasteiger partial charge in [0.15, 0.2) is 0 Å². The highest BCUT2D eigenvalue weighted by Crippen LogP contribution is 2.33. The number of hydrogen-bond donors (Lipinski definition) is 4. The highest BCUT2D eigenvalue weighted by atomic mass is 32.2. The third kappa shape index (κ3) is 5.00. The minimum absolute atomic E-state index is 0.0361. The maximum Gasteiger partial charge on any atom is 0.315 e. The van der Waals surface area contributed by atoms with Gasteiger partial charge in [-0.1, -0.05) is 6.40 Å². The van der Waals surface area contributed by atoms with Crippen LogP contribution in [0.25, 0.3) is 1.43 Å². The minimum atomic E-state index is -3.10. The highest BCUT2D eigenvalue weighted by molar-refractivity contribution is 8.00. The maximum atomic E-state index is 11.3. The van der Waals surface area contributed by atoms with Gasteiger partial charge in [0, 0.05) is 36.6 Å². The second kappa shape index (κ2) is 7.97. The Morgan fingerprint density at radius 1 is 1.52 bits per heavy atom. The van der Waals surface area contributed by atoms with Gasteiger partial charge in [0.1, 0.15) is 0 Å². The number of carboxylic acids is 1. The van der Waals surface area contributed by atoms with Gasteiger partial charge in [-0.25, -0.2) is 4.79 Å². The van der Waals surface area contributed by atoms with E-state index in [4.69, 9.17) is 13.8 Å². The number of H-pyrrole nitrogens is 1. The Hall–Kier alpha value is -1.63. The van der Waals surface area contributed by atoms with E-state index in [1.807, 2.05) is 0 Å². The van der Waals surface area contributed by atoms with Crippen molar-refractivity contribution >= 4 is 23.8 Å². The lowest BCUT2D eigenvalue weighted by atomic mass is 10.0. The first kappa shape index (κ1) is 7.09. The summed E-state index contributed by atoms with van der Waals surface area (Å²) in [5.74, 6) is -1.03. The van der Waals surface area contributed by atoms with Crippen molar-refractivity contribution in [1.29, 1.82) is 1.43 Å². The van der Waals surface area contributed by atoms with E-state index in [1.165, 1.54) is 11.8 Å². The second-order valence-electron chi connectivity index (χ2n) is 4.24. The first-order valence-corrected chi connectivity index (χ1v) is 7.19. The van der Waals surface area contributed by atoms with Crippen LogP contribution in [-0.4, -0.2) is 45.2 Å². The Bertz CT molecular complexity index is 816. The molecule has 1 aromatic heterocycles. The molecular formula is C14H21N3O3S. The van der Waals surface area contributed by atoms with Crippen molar-refractivity contribution in [3.8, 4) is 0 Å². The predicted octanol–water partition coefficient (Wildman–Crippen LogP) is 1.81. The fourth-order valence-electron chi connectivity index (χ4n) is 2.04. The number of amides is 2. The molecule has 4 N–H and O–H groups in total. The summed E-state index contributed by atoms with van der Waals surface area (Å²) in [7, 11) is 0. The zero-order valence-electron chi connectivity index (χ0n) is 20.9. The molecule has 0 aromatic carbocycles. The molecule has 7 heteroatoms. The average molecular weight is 331 g/mol. The number of rotatable bonds is 5. The number of urea groups is 1. The molecule has 0 radical (unpaired) electrons. The Balaban J connectivity index is 0.000000316. The Kier molecular flexibility index (Phi) is 2.69. The zero-order chi connectivity index (χ0) is 23.7. The van der Waals surface area contributed by atoms with Crippen LogP contribution in [-0.2, 0) is 4.79 Å². The average Bonchev–Trinajstić information content (AvgIpc) is 3.31. The van der Waals surface area contributed by atoms with E-state index in [1.54, 1.807) is 0 Å². The molecule has 3 rings (SSSR count). The molecule has 2 amide bonds. The molecule has 21 heavy (non-hydrogen) atoms. The first-order valence-electron chi connectivity index (χ1n) is 11.1. The molecule has 4 atom stereocenters. The number of aliphatic carboxylic acids is 1. The van der Waals surface area contributed by atoms with Gasteiger partial charge in [0.05, 0.1) is 17.6 Å². The fraction of sp³-hybridized carbons (Fsp3) is 0.571. The molecule has 0 saturated carbocycles. The van der Waals surface area contributed by atoms with E-state index in [-0.39, 0.29) is 54.2 Å². The van der Waals surface area contributed by atoms with E-state index < -0.39 is 25.1 Å². The Labute approximate surface area is 142 Å². The normalized spacial score (nSPS) is 35.8. The van der Waals surface area contributed by atoms with Crippen LogP contribution in [0.15, 0.2) is 24.4 Å². The summed E-state index contributed by atoms with van der Waals surface area (Å²) >= 11 is 1.47. The molecule has 0 aliphatic carbocycles. The van der Waals surface area contributed by atoms with Crippen LogP contribution in [0.3, 0.4) is 0 Å². The number of carbonyl (C=O) groups is 2. The van der Waals surface area contributed by atoms with Crippen molar-refractivity contribution in [2.75, 3.05) is 5.75 Å². The number of aromatic nitrogens is 1. The minimum Gasteiger partial charge on any atom is -0.481 e. The third-order valence-electron chi connectivity index (χ3n) is 2.88. The van der Waals surface area contributed by atoms with E-state index in [2.05, 4.69) is 20.7 Å². The van der Waals surface area contributed by atoms with Crippen LogP contribution >= 0.6 is 11.8 Å². The van der Waals surface area contributed by atoms with Crippen LogP contribution in [0.1, 0.15) is 37.9 Å². The summed E-state index contributed by atoms with van der Waals surface area (Å²) in [4.78, 5) is 24.8. The standard InChI is InChI=1S/C10H16N2O3S.C4H5N/c13-8(14)4-2-1-3-7-9-6(5-16-7)11-10(15)12-9;1-2-4-5-3-1/h6-7,9H,1-5H2,(H,13,14)(H2,11,12,15);1-5H/t6-,7-,9-;/m0./s1/i1T,2T2,4T2;1T,2T,3T,4T/hT/t1?,6-,7-,9-;. The van der Waals surface area contributed by atoms with Crippen molar-refractivity contribution in [3.63, 3.8) is 0 Å². The quantitative estimate of drug-likeness (QED) is 0.619. The van der Waals surface area contributed by atoms with Crippen molar-refractivity contribution in [1.82, 2.24) is 15.6 Å². The molecule has 1 aromatic rings. The zero-order valence-corrected chi connectivity index (χ0v) is 11.7. The molecule has 2 saturated heterocycles. The van der Waals surface area contributed by atoms with Gasteiger partial charge in [-0.05, 0) is 24.9 Å². The van der Waals surface area contributed by atoms with Crippen molar-refractivity contribution in [2.24, 2.45) is 0 Å². The van der Waals surface area contributed by atoms with Crippen LogP contribution in [0.4, 0.5) is 4.79 Å². The number of nitrogens with one attached hydrogen (secondary N) is 3. The van der Waals surface area contributed by atoms with E-state index in [0.29, 0.717) is 5.75 Å². The SMILES string of the molecule is [3H]OC(=O)C([3H])([3H])C([3H])([3H])C([3H])C[C@@H]1SC[C@@H]2NC(=O)N[C@@H]21.[3H]c1[nH]c([3H])c([3H])c1[3H]. The summed E-state index contributed by atoms with van der Waals surface area (Å²) in [6.45, 7) is 0. The lowest BCUT2D eigenvalue weighted by Crippen LogP contribution is -2.36. The lowest BCUT2D eigenvalue weighted by Gasteiger charge is -2.16. The van der Waals surface area contributed by atoms with Gasteiger partial charge in [-0.3, -0.25) is 4.79 Å². The van der Waals surface area contributed by atoms with Gasteiger partial charge in [0.2, 0.25) is 0 Å². The van der Waals surface area contributed by atoms with Gasteiger partial charge >= 0.3 is 12.0 Å². The number of carbonyl (C=O) groups excluding carboxylic acids is 1. The summed E-state index contributed by atoms with van der Waals surface area (Å²) in [6, 6.07) is -1.05. The van der Waals surface area contributed by atoms with E-state index in [9.17, 15) is 9.59 Å². The monoisotopic (exact) mass is 331 g/mol. The van der Waals surface area contributed by atoms with Gasteiger partial charge in [0.25, 0.3) is 1.43 Å². The molecule has 1 unspecified atom stereocenters. The van der Waals surface area contributed by atoms with Crippen molar-refractivity contribution in [3.05, 3.63) is 24.4 Å². The lowest BCUT2D eigenvalue weighted by molar-refractivity contribution is -0.137. The third-order valence-corrected chi connectivity index (χ3v) is 4.34. The van der Waals surface area contributed by atoms with Crippen molar-refractivity contribution in [2.45, 2.75) is 42.9 Å². The molecule has 0 spiro atoms. The predicted molar refractivity (Wildman–Crippen MR) is 82.4 cm³/mol. The molecule has 2 aliphatic rings. The largest absolute Gasteiger partial charge is 0.481 e. The van der Waals surface area contributed by atoms with Crippen molar-refractivity contribution < 1.29 is 27.0 Å². The molecular weight excluding hydrogens is 290 g/mol. The summed E-state index contributed by atoms with van der Waals surface area (Å²) < 4.78 is 72.6. The molecule has 3 heterocycles. The van der Waals surface area contributed by atoms with E-state index in [0.717, 1.165) is 0 Å². The number of hydrogen-bond acceptors (Lipinski definition) is 4. The number of thioether (sulfide) groups is 1. The second-order valence-corrected chi connectivity index (χ2v) is 5.52. The molecule has 2 fully saturated rings. The van der Waals surface area contributed by atoms with Crippen LogP contribution in [0, 0.1) is 0 Å². The number of aromatic amines is 1. The van der Waals surface area contributed by atoms with Gasteiger partial charge in [-0.15, -0.1) is 0 Å². The first-order chi connectivity index (χ1) is 14.2. The smallest absolute Gasteiger partial charge is 0.315 e. The summed E-state index contributed by atoms with van der Waals surface area (Å²) in [5, 5.41) is 8.72. The summed E-state index contributed by atoms with van der Waals surface area (Å²) in [5.41, 5.74) is 0. The fourth-order valence-corrected chi connectivity index (χ4v) is 3.48. The number of fused-ring (bicyclic) bond motifs is 1. The highest BCUT2D eigenvalue weighted by Gasteiger charge is 2.42. The van der Waals surface area contributed by atoms with Crippen LogP contribution in [0.2, 0.25) is 0 Å². The topological polar surface area (TPSA) is 94.2 Å². The van der Waals surface area contributed by atoms with E-state index >= 15 is 0 Å². The Morgan fingerprint density at radius 2 is 2.33 bits per heavy atom. The Morgan fingerprint density at radius 3 is 3.00 bits per heavy atom. The van der Waals surface area contributed by atoms with Gasteiger partial charge < -0.3 is 20.7 Å². The number of carboxylic acid groups (broad SMARTS) is 1. The maximum absolute atomic E-state index is 11.3. The van der Waals surface area contributed by atoms with Crippen LogP contribution in [0.5, 0.6) is 0 Å². The molecule has 116 valence electrons.